The highest BCUT2D eigenvalue weighted by Crippen LogP contribution is 2.35. The van der Waals surface area contributed by atoms with E-state index in [2.05, 4.69) is 5.92 Å². The van der Waals surface area contributed by atoms with E-state index in [4.69, 9.17) is 15.9 Å². The second-order valence-electron chi connectivity index (χ2n) is 5.17. The molecule has 0 aromatic heterocycles. The van der Waals surface area contributed by atoms with Crippen LogP contribution >= 0.6 is 0 Å². The van der Waals surface area contributed by atoms with Crippen molar-refractivity contribution in [1.29, 1.82) is 0 Å². The lowest BCUT2D eigenvalue weighted by Crippen LogP contribution is -2.45. The van der Waals surface area contributed by atoms with Gasteiger partial charge in [-0.1, -0.05) is 36.3 Å². The second kappa shape index (κ2) is 6.87. The fourth-order valence-electron chi connectivity index (χ4n) is 2.44. The second-order valence-corrected chi connectivity index (χ2v) is 5.17. The lowest BCUT2D eigenvalue weighted by Gasteiger charge is -2.36. The third-order valence-corrected chi connectivity index (χ3v) is 3.20. The van der Waals surface area contributed by atoms with Crippen LogP contribution in [0.1, 0.15) is 25.0 Å². The molecule has 3 unspecified atom stereocenters. The number of benzene rings is 1. The first-order valence-electron chi connectivity index (χ1n) is 6.38. The molecule has 0 heterocycles. The fourth-order valence-corrected chi connectivity index (χ4v) is 2.44. The van der Waals surface area contributed by atoms with Crippen LogP contribution in [0.3, 0.4) is 0 Å². The molecular formula is C16H22O4. The van der Waals surface area contributed by atoms with E-state index in [1.165, 1.54) is 14.2 Å². The van der Waals surface area contributed by atoms with Crippen molar-refractivity contribution in [3.05, 3.63) is 35.9 Å². The molecule has 0 saturated heterocycles. The number of terminal acetylenes is 1. The Labute approximate surface area is 120 Å². The Bertz CT molecular complexity index is 449. The first-order valence-corrected chi connectivity index (χ1v) is 6.38. The summed E-state index contributed by atoms with van der Waals surface area (Å²) in [5.74, 6) is 2.28. The molecule has 20 heavy (non-hydrogen) atoms. The molecule has 0 saturated carbocycles. The number of aliphatic hydroxyl groups is 2. The molecule has 0 aliphatic heterocycles. The predicted octanol–water partition coefficient (Wildman–Crippen LogP) is 1.53. The molecular weight excluding hydrogens is 256 g/mol. The summed E-state index contributed by atoms with van der Waals surface area (Å²) in [4.78, 5) is 0. The minimum Gasteiger partial charge on any atom is -0.387 e. The van der Waals surface area contributed by atoms with Crippen LogP contribution in [-0.2, 0) is 9.47 Å². The zero-order valence-electron chi connectivity index (χ0n) is 12.2. The van der Waals surface area contributed by atoms with E-state index in [9.17, 15) is 10.2 Å². The number of hydrogen-bond acceptors (Lipinski definition) is 4. The molecule has 4 heteroatoms. The first kappa shape index (κ1) is 16.7. The Morgan fingerprint density at radius 3 is 2.30 bits per heavy atom. The van der Waals surface area contributed by atoms with Crippen LogP contribution in [0, 0.1) is 12.3 Å². The number of hydrogen-bond donors (Lipinski definition) is 2. The Morgan fingerprint density at radius 2 is 1.85 bits per heavy atom. The number of rotatable bonds is 7. The monoisotopic (exact) mass is 278 g/mol. The Hall–Kier alpha value is -1.38. The van der Waals surface area contributed by atoms with Gasteiger partial charge < -0.3 is 19.7 Å². The molecule has 0 amide bonds. The summed E-state index contributed by atoms with van der Waals surface area (Å²) in [7, 11) is 2.96. The number of methoxy groups -OCH3 is 2. The van der Waals surface area contributed by atoms with Crippen molar-refractivity contribution in [3.63, 3.8) is 0 Å². The van der Waals surface area contributed by atoms with Crippen LogP contribution < -0.4 is 0 Å². The average molecular weight is 278 g/mol. The maximum atomic E-state index is 10.7. The van der Waals surface area contributed by atoms with E-state index in [-0.39, 0.29) is 13.0 Å². The van der Waals surface area contributed by atoms with Crippen molar-refractivity contribution < 1.29 is 19.7 Å². The molecule has 4 nitrogen and oxygen atoms in total. The summed E-state index contributed by atoms with van der Waals surface area (Å²) >= 11 is 0. The Morgan fingerprint density at radius 1 is 1.25 bits per heavy atom. The van der Waals surface area contributed by atoms with Crippen LogP contribution in [0.5, 0.6) is 0 Å². The van der Waals surface area contributed by atoms with Crippen molar-refractivity contribution in [3.8, 4) is 12.3 Å². The van der Waals surface area contributed by atoms with Gasteiger partial charge in [-0.2, -0.15) is 0 Å². The van der Waals surface area contributed by atoms with E-state index in [1.807, 2.05) is 30.3 Å². The minimum atomic E-state index is -1.54. The van der Waals surface area contributed by atoms with E-state index in [0.717, 1.165) is 5.56 Å². The van der Waals surface area contributed by atoms with Gasteiger partial charge in [-0.25, -0.2) is 0 Å². The zero-order valence-corrected chi connectivity index (χ0v) is 12.2. The first-order chi connectivity index (χ1) is 9.38. The van der Waals surface area contributed by atoms with E-state index in [0.29, 0.717) is 0 Å². The largest absolute Gasteiger partial charge is 0.387 e. The molecule has 0 radical (unpaired) electrons. The Balaban J connectivity index is 2.99. The molecule has 1 aromatic carbocycles. The zero-order chi connectivity index (χ0) is 15.2. The smallest absolute Gasteiger partial charge is 0.151 e. The van der Waals surface area contributed by atoms with Gasteiger partial charge in [0.1, 0.15) is 6.10 Å². The van der Waals surface area contributed by atoms with Gasteiger partial charge in [-0.15, -0.1) is 6.42 Å². The van der Waals surface area contributed by atoms with Crippen molar-refractivity contribution in [2.24, 2.45) is 0 Å². The highest BCUT2D eigenvalue weighted by atomic mass is 16.5. The standard InChI is InChI=1S/C16H22O4/c1-5-16(18,12-19-3)11-15(2,17)14(20-4)13-9-7-6-8-10-13/h1,6-10,14,17-18H,11-12H2,2-4H3. The van der Waals surface area contributed by atoms with Gasteiger partial charge in [0.25, 0.3) is 0 Å². The lowest BCUT2D eigenvalue weighted by atomic mass is 9.82. The summed E-state index contributed by atoms with van der Waals surface area (Å²) in [6.07, 6.45) is 4.69. The van der Waals surface area contributed by atoms with Crippen molar-refractivity contribution in [2.75, 3.05) is 20.8 Å². The van der Waals surface area contributed by atoms with Crippen LogP contribution in [0.4, 0.5) is 0 Å². The maximum Gasteiger partial charge on any atom is 0.151 e. The van der Waals surface area contributed by atoms with Gasteiger partial charge in [0.2, 0.25) is 0 Å². The average Bonchev–Trinajstić information content (AvgIpc) is 2.40. The predicted molar refractivity (Wildman–Crippen MR) is 77.1 cm³/mol. The van der Waals surface area contributed by atoms with E-state index >= 15 is 0 Å². The van der Waals surface area contributed by atoms with Gasteiger partial charge in [0.15, 0.2) is 5.60 Å². The molecule has 0 aliphatic carbocycles. The summed E-state index contributed by atoms with van der Waals surface area (Å²) in [6.45, 7) is 1.54. The highest BCUT2D eigenvalue weighted by molar-refractivity contribution is 5.22. The highest BCUT2D eigenvalue weighted by Gasteiger charge is 2.41. The van der Waals surface area contributed by atoms with Gasteiger partial charge in [-0.05, 0) is 12.5 Å². The maximum absolute atomic E-state index is 10.7. The van der Waals surface area contributed by atoms with E-state index < -0.39 is 17.3 Å². The summed E-state index contributed by atoms with van der Waals surface area (Å²) < 4.78 is 10.3. The van der Waals surface area contributed by atoms with Crippen LogP contribution in [0.15, 0.2) is 30.3 Å². The van der Waals surface area contributed by atoms with Crippen molar-refractivity contribution in [1.82, 2.24) is 0 Å². The van der Waals surface area contributed by atoms with Crippen LogP contribution in [0.25, 0.3) is 0 Å². The molecule has 110 valence electrons. The normalized spacial score (nSPS) is 18.6. The molecule has 0 spiro atoms. The summed E-state index contributed by atoms with van der Waals surface area (Å²) in [5, 5.41) is 21.0. The molecule has 0 fully saturated rings. The third kappa shape index (κ3) is 4.06. The van der Waals surface area contributed by atoms with Gasteiger partial charge in [0, 0.05) is 20.6 Å². The van der Waals surface area contributed by atoms with Crippen molar-refractivity contribution >= 4 is 0 Å². The van der Waals surface area contributed by atoms with E-state index in [1.54, 1.807) is 6.92 Å². The topological polar surface area (TPSA) is 58.9 Å². The molecule has 0 aliphatic rings. The van der Waals surface area contributed by atoms with Gasteiger partial charge in [-0.3, -0.25) is 0 Å². The lowest BCUT2D eigenvalue weighted by molar-refractivity contribution is -0.126. The van der Waals surface area contributed by atoms with Gasteiger partial charge >= 0.3 is 0 Å². The number of ether oxygens (including phenoxy) is 2. The molecule has 2 N–H and O–H groups in total. The van der Waals surface area contributed by atoms with Gasteiger partial charge in [0.05, 0.1) is 12.2 Å². The minimum absolute atomic E-state index is 0.0507. The molecule has 1 aromatic rings. The SMILES string of the molecule is C#CC(O)(COC)CC(C)(O)C(OC)c1ccccc1. The van der Waals surface area contributed by atoms with Crippen LogP contribution in [0.2, 0.25) is 0 Å². The Kier molecular flexibility index (Phi) is 5.73. The quantitative estimate of drug-likeness (QED) is 0.743. The third-order valence-electron chi connectivity index (χ3n) is 3.20. The molecule has 1 rings (SSSR count). The van der Waals surface area contributed by atoms with Crippen LogP contribution in [-0.4, -0.2) is 42.2 Å². The molecule has 3 atom stereocenters. The fraction of sp³-hybridized carbons (Fsp3) is 0.500. The van der Waals surface area contributed by atoms with Crippen molar-refractivity contribution in [2.45, 2.75) is 30.7 Å². The summed E-state index contributed by atoms with van der Waals surface area (Å²) in [5.41, 5.74) is -2.06. The summed E-state index contributed by atoms with van der Waals surface area (Å²) in [6, 6.07) is 9.31. The molecule has 0 bridgehead atoms.